The Morgan fingerprint density at radius 3 is 2.83 bits per heavy atom. The van der Waals surface area contributed by atoms with Crippen LogP contribution in [0.5, 0.6) is 5.75 Å². The SMILES string of the molecule is Cc1nccn1CCOc1cccc(C(C)c2nccc(N)n2)c1. The number of aromatic nitrogens is 4. The van der Waals surface area contributed by atoms with Gasteiger partial charge in [0.2, 0.25) is 0 Å². The Hall–Kier alpha value is -2.89. The third kappa shape index (κ3) is 3.71. The molecule has 0 aliphatic carbocycles. The lowest BCUT2D eigenvalue weighted by Gasteiger charge is -2.13. The zero-order valence-corrected chi connectivity index (χ0v) is 13.9. The van der Waals surface area contributed by atoms with Gasteiger partial charge in [-0.15, -0.1) is 0 Å². The van der Waals surface area contributed by atoms with E-state index in [4.69, 9.17) is 10.5 Å². The van der Waals surface area contributed by atoms with E-state index in [-0.39, 0.29) is 5.92 Å². The van der Waals surface area contributed by atoms with Gasteiger partial charge in [-0.3, -0.25) is 0 Å². The second kappa shape index (κ2) is 7.12. The van der Waals surface area contributed by atoms with Crippen molar-refractivity contribution < 1.29 is 4.74 Å². The van der Waals surface area contributed by atoms with Crippen LogP contribution in [0.2, 0.25) is 0 Å². The predicted octanol–water partition coefficient (Wildman–Crippen LogP) is 2.79. The normalized spacial score (nSPS) is 12.1. The Morgan fingerprint density at radius 1 is 1.21 bits per heavy atom. The van der Waals surface area contributed by atoms with Crippen LogP contribution in [0.25, 0.3) is 0 Å². The molecule has 0 aliphatic rings. The fourth-order valence-electron chi connectivity index (χ4n) is 2.52. The third-order valence-electron chi connectivity index (χ3n) is 3.97. The Bertz CT molecular complexity index is 814. The van der Waals surface area contributed by atoms with E-state index in [1.165, 1.54) is 0 Å². The Kier molecular flexibility index (Phi) is 4.74. The second-order valence-electron chi connectivity index (χ2n) is 5.65. The van der Waals surface area contributed by atoms with Gasteiger partial charge in [0.05, 0.1) is 6.54 Å². The van der Waals surface area contributed by atoms with Crippen molar-refractivity contribution in [3.05, 3.63) is 66.1 Å². The first kappa shape index (κ1) is 16.0. The molecule has 0 bridgehead atoms. The third-order valence-corrected chi connectivity index (χ3v) is 3.97. The van der Waals surface area contributed by atoms with Crippen molar-refractivity contribution in [2.24, 2.45) is 0 Å². The maximum absolute atomic E-state index is 5.87. The van der Waals surface area contributed by atoms with Crippen LogP contribution < -0.4 is 10.5 Å². The lowest BCUT2D eigenvalue weighted by atomic mass is 10.0. The zero-order chi connectivity index (χ0) is 16.9. The molecule has 3 aromatic rings. The van der Waals surface area contributed by atoms with E-state index in [2.05, 4.69) is 26.4 Å². The minimum Gasteiger partial charge on any atom is -0.492 e. The van der Waals surface area contributed by atoms with Gasteiger partial charge in [-0.05, 0) is 30.7 Å². The fraction of sp³-hybridized carbons (Fsp3) is 0.278. The largest absolute Gasteiger partial charge is 0.492 e. The molecule has 2 heterocycles. The summed E-state index contributed by atoms with van der Waals surface area (Å²) < 4.78 is 7.93. The van der Waals surface area contributed by atoms with Gasteiger partial charge < -0.3 is 15.0 Å². The van der Waals surface area contributed by atoms with Crippen molar-refractivity contribution in [3.8, 4) is 5.75 Å². The number of rotatable bonds is 6. The maximum atomic E-state index is 5.87. The number of hydrogen-bond acceptors (Lipinski definition) is 5. The van der Waals surface area contributed by atoms with Gasteiger partial charge in [0, 0.05) is 24.5 Å². The summed E-state index contributed by atoms with van der Waals surface area (Å²) in [7, 11) is 0. The van der Waals surface area contributed by atoms with Crippen LogP contribution in [0.4, 0.5) is 5.82 Å². The van der Waals surface area contributed by atoms with Crippen molar-refractivity contribution in [3.63, 3.8) is 0 Å². The molecular weight excluding hydrogens is 302 g/mol. The molecule has 2 N–H and O–H groups in total. The summed E-state index contributed by atoms with van der Waals surface area (Å²) in [5.74, 6) is 3.06. The number of aryl methyl sites for hydroxylation is 1. The van der Waals surface area contributed by atoms with E-state index in [1.807, 2.05) is 37.4 Å². The van der Waals surface area contributed by atoms with Crippen molar-refractivity contribution >= 4 is 5.82 Å². The summed E-state index contributed by atoms with van der Waals surface area (Å²) in [6.45, 7) is 5.39. The zero-order valence-electron chi connectivity index (χ0n) is 13.9. The monoisotopic (exact) mass is 323 g/mol. The van der Waals surface area contributed by atoms with E-state index in [0.717, 1.165) is 23.7 Å². The number of hydrogen-bond donors (Lipinski definition) is 1. The Balaban J connectivity index is 1.66. The summed E-state index contributed by atoms with van der Waals surface area (Å²) in [4.78, 5) is 12.8. The minimum absolute atomic E-state index is 0.0490. The van der Waals surface area contributed by atoms with Crippen LogP contribution in [-0.4, -0.2) is 26.1 Å². The van der Waals surface area contributed by atoms with Gasteiger partial charge in [0.25, 0.3) is 0 Å². The first-order chi connectivity index (χ1) is 11.6. The number of ether oxygens (including phenoxy) is 1. The summed E-state index contributed by atoms with van der Waals surface area (Å²) in [6.07, 6.45) is 5.43. The molecule has 0 fully saturated rings. The predicted molar refractivity (Wildman–Crippen MR) is 92.9 cm³/mol. The van der Waals surface area contributed by atoms with E-state index in [1.54, 1.807) is 18.5 Å². The minimum atomic E-state index is 0.0490. The van der Waals surface area contributed by atoms with Crippen molar-refractivity contribution in [2.45, 2.75) is 26.3 Å². The van der Waals surface area contributed by atoms with Gasteiger partial charge in [-0.2, -0.15) is 0 Å². The van der Waals surface area contributed by atoms with Crippen LogP contribution in [0.1, 0.15) is 30.1 Å². The molecule has 6 nitrogen and oxygen atoms in total. The molecule has 124 valence electrons. The highest BCUT2D eigenvalue weighted by atomic mass is 16.5. The standard InChI is InChI=1S/C18H21N5O/c1-13(18-21-7-6-17(19)22-18)15-4-3-5-16(12-15)24-11-10-23-9-8-20-14(23)2/h3-9,12-13H,10-11H2,1-2H3,(H2,19,21,22). The number of nitrogen functional groups attached to an aromatic ring is 1. The molecule has 6 heteroatoms. The molecule has 0 saturated carbocycles. The summed E-state index contributed by atoms with van der Waals surface area (Å²) in [5, 5.41) is 0. The molecule has 0 radical (unpaired) electrons. The highest BCUT2D eigenvalue weighted by Crippen LogP contribution is 2.25. The van der Waals surface area contributed by atoms with Gasteiger partial charge >= 0.3 is 0 Å². The van der Waals surface area contributed by atoms with Gasteiger partial charge in [0.1, 0.15) is 29.8 Å². The number of imidazole rings is 1. The number of anilines is 1. The molecule has 0 spiro atoms. The Morgan fingerprint density at radius 2 is 2.08 bits per heavy atom. The van der Waals surface area contributed by atoms with Crippen LogP contribution in [0.15, 0.2) is 48.9 Å². The number of nitrogens with two attached hydrogens (primary N) is 1. The number of nitrogens with zero attached hydrogens (tertiary/aromatic N) is 4. The average molecular weight is 323 g/mol. The first-order valence-electron chi connectivity index (χ1n) is 7.92. The van der Waals surface area contributed by atoms with Gasteiger partial charge in [-0.25, -0.2) is 15.0 Å². The maximum Gasteiger partial charge on any atom is 0.137 e. The fourth-order valence-corrected chi connectivity index (χ4v) is 2.52. The van der Waals surface area contributed by atoms with E-state index < -0.39 is 0 Å². The summed E-state index contributed by atoms with van der Waals surface area (Å²) in [6, 6.07) is 9.70. The summed E-state index contributed by atoms with van der Waals surface area (Å²) in [5.41, 5.74) is 6.84. The highest BCUT2D eigenvalue weighted by molar-refractivity contribution is 5.35. The van der Waals surface area contributed by atoms with Crippen molar-refractivity contribution in [2.75, 3.05) is 12.3 Å². The average Bonchev–Trinajstić information content (AvgIpc) is 3.00. The van der Waals surface area contributed by atoms with E-state index in [9.17, 15) is 0 Å². The molecule has 1 unspecified atom stereocenters. The molecule has 1 aromatic carbocycles. The molecule has 0 aliphatic heterocycles. The Labute approximate surface area is 141 Å². The van der Waals surface area contributed by atoms with Crippen molar-refractivity contribution in [1.29, 1.82) is 0 Å². The van der Waals surface area contributed by atoms with E-state index in [0.29, 0.717) is 18.2 Å². The molecule has 0 amide bonds. The van der Waals surface area contributed by atoms with Crippen LogP contribution in [0, 0.1) is 6.92 Å². The van der Waals surface area contributed by atoms with Gasteiger partial charge in [0.15, 0.2) is 0 Å². The molecular formula is C18H21N5O. The van der Waals surface area contributed by atoms with Crippen LogP contribution in [0.3, 0.4) is 0 Å². The topological polar surface area (TPSA) is 78.8 Å². The highest BCUT2D eigenvalue weighted by Gasteiger charge is 2.12. The van der Waals surface area contributed by atoms with Crippen LogP contribution >= 0.6 is 0 Å². The van der Waals surface area contributed by atoms with E-state index >= 15 is 0 Å². The molecule has 24 heavy (non-hydrogen) atoms. The smallest absolute Gasteiger partial charge is 0.137 e. The van der Waals surface area contributed by atoms with Crippen molar-refractivity contribution in [1.82, 2.24) is 19.5 Å². The van der Waals surface area contributed by atoms with Crippen LogP contribution in [-0.2, 0) is 6.54 Å². The molecule has 1 atom stereocenters. The summed E-state index contributed by atoms with van der Waals surface area (Å²) >= 11 is 0. The van der Waals surface area contributed by atoms with Gasteiger partial charge in [-0.1, -0.05) is 19.1 Å². The lowest BCUT2D eigenvalue weighted by molar-refractivity contribution is 0.296. The number of benzene rings is 1. The first-order valence-corrected chi connectivity index (χ1v) is 7.92. The quantitative estimate of drug-likeness (QED) is 0.754. The second-order valence-corrected chi connectivity index (χ2v) is 5.65. The molecule has 0 saturated heterocycles. The molecule has 2 aromatic heterocycles. The molecule has 3 rings (SSSR count). The lowest BCUT2D eigenvalue weighted by Crippen LogP contribution is -2.09.